The molecule has 1 fully saturated rings. The molecule has 0 aromatic carbocycles. The first-order valence-corrected chi connectivity index (χ1v) is 5.74. The largest absolute Gasteiger partial charge is 0.264 e. The quantitative estimate of drug-likeness (QED) is 0.819. The van der Waals surface area contributed by atoms with Gasteiger partial charge in [0.2, 0.25) is 0 Å². The molecule has 2 aromatic heterocycles. The van der Waals surface area contributed by atoms with Crippen LogP contribution in [0.1, 0.15) is 29.6 Å². The summed E-state index contributed by atoms with van der Waals surface area (Å²) in [4.78, 5) is 8.29. The Morgan fingerprint density at radius 3 is 1.82 bits per heavy atom. The molecule has 1 aliphatic heterocycles. The Labute approximate surface area is 100 Å². The molecule has 2 atom stereocenters. The number of hydrazine groups is 1. The van der Waals surface area contributed by atoms with E-state index in [0.29, 0.717) is 12.1 Å². The van der Waals surface area contributed by atoms with Crippen LogP contribution in [0.2, 0.25) is 0 Å². The molecule has 2 unspecified atom stereocenters. The summed E-state index contributed by atoms with van der Waals surface area (Å²) < 4.78 is 0. The third-order valence-corrected chi connectivity index (χ3v) is 3.08. The summed E-state index contributed by atoms with van der Waals surface area (Å²) in [6, 6.07) is 8.75. The molecule has 1 aliphatic rings. The Morgan fingerprint density at radius 2 is 1.41 bits per heavy atom. The molecule has 0 amide bonds. The lowest BCUT2D eigenvalue weighted by molar-refractivity contribution is 0.553. The fraction of sp³-hybridized carbons (Fsp3) is 0.231. The van der Waals surface area contributed by atoms with Gasteiger partial charge in [0.1, 0.15) is 0 Å². The molecule has 2 aromatic rings. The van der Waals surface area contributed by atoms with Crippen LogP contribution in [0, 0.1) is 0 Å². The molecule has 4 heteroatoms. The van der Waals surface area contributed by atoms with Crippen LogP contribution in [0.15, 0.2) is 49.1 Å². The fourth-order valence-corrected chi connectivity index (χ4v) is 2.16. The third kappa shape index (κ3) is 2.18. The van der Waals surface area contributed by atoms with Crippen molar-refractivity contribution < 1.29 is 0 Å². The Morgan fingerprint density at radius 1 is 0.882 bits per heavy atom. The topological polar surface area (TPSA) is 49.8 Å². The lowest BCUT2D eigenvalue weighted by atomic mass is 10.00. The minimum absolute atomic E-state index is 0.314. The van der Waals surface area contributed by atoms with Crippen molar-refractivity contribution in [3.05, 3.63) is 60.2 Å². The van der Waals surface area contributed by atoms with E-state index in [0.717, 1.165) is 6.42 Å². The summed E-state index contributed by atoms with van der Waals surface area (Å²) in [7, 11) is 0. The first-order chi connectivity index (χ1) is 8.43. The van der Waals surface area contributed by atoms with Crippen LogP contribution in [0.25, 0.3) is 0 Å². The van der Waals surface area contributed by atoms with Crippen molar-refractivity contribution in [3.8, 4) is 0 Å². The number of nitrogens with one attached hydrogen (secondary N) is 2. The van der Waals surface area contributed by atoms with Gasteiger partial charge in [0, 0.05) is 36.9 Å². The van der Waals surface area contributed by atoms with E-state index < -0.39 is 0 Å². The van der Waals surface area contributed by atoms with Gasteiger partial charge in [-0.05, 0) is 29.7 Å². The lowest BCUT2D eigenvalue weighted by Crippen LogP contribution is -2.26. The average molecular weight is 226 g/mol. The van der Waals surface area contributed by atoms with Gasteiger partial charge in [-0.25, -0.2) is 10.9 Å². The summed E-state index contributed by atoms with van der Waals surface area (Å²) in [5.41, 5.74) is 9.04. The van der Waals surface area contributed by atoms with E-state index in [1.54, 1.807) is 12.4 Å². The molecule has 17 heavy (non-hydrogen) atoms. The van der Waals surface area contributed by atoms with E-state index in [4.69, 9.17) is 0 Å². The Kier molecular flexibility index (Phi) is 2.81. The summed E-state index contributed by atoms with van der Waals surface area (Å²) in [6.45, 7) is 0. The van der Waals surface area contributed by atoms with E-state index in [2.05, 4.69) is 33.0 Å². The number of hydrogen-bond donors (Lipinski definition) is 2. The minimum Gasteiger partial charge on any atom is -0.264 e. The van der Waals surface area contributed by atoms with E-state index in [9.17, 15) is 0 Å². The van der Waals surface area contributed by atoms with Crippen LogP contribution in [0.4, 0.5) is 0 Å². The second kappa shape index (κ2) is 4.61. The molecule has 0 radical (unpaired) electrons. The van der Waals surface area contributed by atoms with Gasteiger partial charge in [0.15, 0.2) is 0 Å². The van der Waals surface area contributed by atoms with Crippen molar-refractivity contribution in [1.82, 2.24) is 20.8 Å². The van der Waals surface area contributed by atoms with Crippen LogP contribution in [0.3, 0.4) is 0 Å². The van der Waals surface area contributed by atoms with Gasteiger partial charge in [0.05, 0.1) is 0 Å². The maximum Gasteiger partial charge on any atom is 0.0496 e. The molecule has 0 aliphatic carbocycles. The van der Waals surface area contributed by atoms with Crippen LogP contribution < -0.4 is 10.9 Å². The van der Waals surface area contributed by atoms with Crippen LogP contribution in [-0.4, -0.2) is 9.97 Å². The lowest BCUT2D eigenvalue weighted by Gasteiger charge is -2.09. The third-order valence-electron chi connectivity index (χ3n) is 3.08. The summed E-state index contributed by atoms with van der Waals surface area (Å²) in [5, 5.41) is 0. The second-order valence-corrected chi connectivity index (χ2v) is 4.20. The second-order valence-electron chi connectivity index (χ2n) is 4.20. The van der Waals surface area contributed by atoms with Crippen LogP contribution in [0.5, 0.6) is 0 Å². The van der Waals surface area contributed by atoms with Crippen LogP contribution in [-0.2, 0) is 0 Å². The summed E-state index contributed by atoms with van der Waals surface area (Å²) in [5.74, 6) is 0. The molecule has 3 heterocycles. The van der Waals surface area contributed by atoms with Gasteiger partial charge in [-0.2, -0.15) is 0 Å². The highest BCUT2D eigenvalue weighted by Crippen LogP contribution is 2.29. The number of aromatic nitrogens is 2. The predicted octanol–water partition coefficient (Wildman–Crippen LogP) is 1.76. The molecule has 4 nitrogen and oxygen atoms in total. The maximum atomic E-state index is 4.15. The summed E-state index contributed by atoms with van der Waals surface area (Å²) >= 11 is 0. The molecule has 86 valence electrons. The van der Waals surface area contributed by atoms with E-state index >= 15 is 0 Å². The summed E-state index contributed by atoms with van der Waals surface area (Å²) in [6.07, 6.45) is 8.42. The SMILES string of the molecule is c1cncc(C2CC(c3cccnc3)NN2)c1. The molecule has 0 saturated carbocycles. The smallest absolute Gasteiger partial charge is 0.0496 e. The number of nitrogens with zero attached hydrogens (tertiary/aromatic N) is 2. The zero-order valence-electron chi connectivity index (χ0n) is 9.38. The Balaban J connectivity index is 1.75. The van der Waals surface area contributed by atoms with Gasteiger partial charge in [-0.15, -0.1) is 0 Å². The van der Waals surface area contributed by atoms with Gasteiger partial charge in [-0.3, -0.25) is 9.97 Å². The van der Waals surface area contributed by atoms with Crippen molar-refractivity contribution in [2.75, 3.05) is 0 Å². The van der Waals surface area contributed by atoms with Crippen molar-refractivity contribution in [2.24, 2.45) is 0 Å². The molecular weight excluding hydrogens is 212 g/mol. The number of rotatable bonds is 2. The highest BCUT2D eigenvalue weighted by Gasteiger charge is 2.26. The van der Waals surface area contributed by atoms with Gasteiger partial charge in [0.25, 0.3) is 0 Å². The Hall–Kier alpha value is -1.78. The standard InChI is InChI=1S/C13H14N4/c1-3-10(8-14-5-1)12-7-13(17-16-12)11-4-2-6-15-9-11/h1-6,8-9,12-13,16-17H,7H2. The minimum atomic E-state index is 0.314. The normalized spacial score (nSPS) is 23.8. The first kappa shape index (κ1) is 10.4. The average Bonchev–Trinajstić information content (AvgIpc) is 2.90. The van der Waals surface area contributed by atoms with E-state index in [1.807, 2.05) is 24.5 Å². The Bertz CT molecular complexity index is 426. The maximum absolute atomic E-state index is 4.15. The monoisotopic (exact) mass is 226 g/mol. The first-order valence-electron chi connectivity index (χ1n) is 5.74. The number of hydrogen-bond acceptors (Lipinski definition) is 4. The van der Waals surface area contributed by atoms with Crippen LogP contribution >= 0.6 is 0 Å². The molecule has 0 bridgehead atoms. The highest BCUT2D eigenvalue weighted by atomic mass is 15.4. The van der Waals surface area contributed by atoms with Crippen molar-refractivity contribution in [1.29, 1.82) is 0 Å². The molecule has 0 spiro atoms. The zero-order valence-corrected chi connectivity index (χ0v) is 9.38. The van der Waals surface area contributed by atoms with E-state index in [1.165, 1.54) is 11.1 Å². The molecule has 3 rings (SSSR count). The molecule has 2 N–H and O–H groups in total. The predicted molar refractivity (Wildman–Crippen MR) is 64.8 cm³/mol. The molecule has 1 saturated heterocycles. The molecular formula is C13H14N4. The fourth-order valence-electron chi connectivity index (χ4n) is 2.16. The van der Waals surface area contributed by atoms with Gasteiger partial charge < -0.3 is 0 Å². The van der Waals surface area contributed by atoms with Crippen molar-refractivity contribution in [2.45, 2.75) is 18.5 Å². The zero-order chi connectivity index (χ0) is 11.5. The highest BCUT2D eigenvalue weighted by molar-refractivity contribution is 5.20. The van der Waals surface area contributed by atoms with Crippen molar-refractivity contribution >= 4 is 0 Å². The number of pyridine rings is 2. The van der Waals surface area contributed by atoms with Crippen molar-refractivity contribution in [3.63, 3.8) is 0 Å². The van der Waals surface area contributed by atoms with Gasteiger partial charge in [-0.1, -0.05) is 12.1 Å². The van der Waals surface area contributed by atoms with Gasteiger partial charge >= 0.3 is 0 Å². The van der Waals surface area contributed by atoms with E-state index in [-0.39, 0.29) is 0 Å².